The summed E-state index contributed by atoms with van der Waals surface area (Å²) in [6.07, 6.45) is 6.60. The topological polar surface area (TPSA) is 85.8 Å². The minimum Gasteiger partial charge on any atom is -0.352 e. The average Bonchev–Trinajstić information content (AvgIpc) is 2.83. The molecule has 108 valence electrons. The zero-order valence-corrected chi connectivity index (χ0v) is 11.9. The summed E-state index contributed by atoms with van der Waals surface area (Å²) in [7, 11) is 0. The lowest BCUT2D eigenvalue weighted by Crippen LogP contribution is -2.36. The van der Waals surface area contributed by atoms with E-state index in [0.717, 1.165) is 37.8 Å². The van der Waals surface area contributed by atoms with Crippen LogP contribution in [0.4, 0.5) is 0 Å². The van der Waals surface area contributed by atoms with Crippen LogP contribution in [-0.4, -0.2) is 33.5 Å². The maximum Gasteiger partial charge on any atom is 0.242 e. The Kier molecular flexibility index (Phi) is 7.10. The molecule has 0 saturated heterocycles. The smallest absolute Gasteiger partial charge is 0.242 e. The predicted molar refractivity (Wildman–Crippen MR) is 74.5 cm³/mol. The zero-order valence-electron chi connectivity index (χ0n) is 11.9. The van der Waals surface area contributed by atoms with Gasteiger partial charge < -0.3 is 11.1 Å². The van der Waals surface area contributed by atoms with Crippen molar-refractivity contribution in [1.29, 1.82) is 0 Å². The zero-order chi connectivity index (χ0) is 14.1. The number of nitrogens with zero attached hydrogens (tertiary/aromatic N) is 3. The summed E-state index contributed by atoms with van der Waals surface area (Å²) < 4.78 is 1.59. The summed E-state index contributed by atoms with van der Waals surface area (Å²) in [6.45, 7) is 5.07. The molecule has 0 spiro atoms. The highest BCUT2D eigenvalue weighted by Crippen LogP contribution is 2.01. The monoisotopic (exact) mass is 267 g/mol. The summed E-state index contributed by atoms with van der Waals surface area (Å²) in [5.74, 6) is -0.00731. The van der Waals surface area contributed by atoms with Crippen molar-refractivity contribution in [3.8, 4) is 0 Å². The van der Waals surface area contributed by atoms with Crippen molar-refractivity contribution in [3.63, 3.8) is 0 Å². The largest absolute Gasteiger partial charge is 0.352 e. The van der Waals surface area contributed by atoms with E-state index in [2.05, 4.69) is 29.5 Å². The van der Waals surface area contributed by atoms with Crippen molar-refractivity contribution < 1.29 is 4.79 Å². The van der Waals surface area contributed by atoms with E-state index in [4.69, 9.17) is 5.73 Å². The van der Waals surface area contributed by atoms with Crippen LogP contribution in [0.2, 0.25) is 0 Å². The van der Waals surface area contributed by atoms with E-state index in [0.29, 0.717) is 6.54 Å². The molecule has 0 aliphatic rings. The highest BCUT2D eigenvalue weighted by molar-refractivity contribution is 5.75. The second-order valence-corrected chi connectivity index (χ2v) is 4.73. The molecule has 0 fully saturated rings. The number of hydrogen-bond donors (Lipinski definition) is 2. The number of hydrogen-bond acceptors (Lipinski definition) is 4. The first kappa shape index (κ1) is 15.6. The van der Waals surface area contributed by atoms with E-state index in [1.807, 2.05) is 6.20 Å². The molecule has 1 amide bonds. The molecule has 6 heteroatoms. The highest BCUT2D eigenvalue weighted by Gasteiger charge is 2.10. The van der Waals surface area contributed by atoms with Gasteiger partial charge in [-0.2, -0.15) is 0 Å². The number of unbranched alkanes of at least 4 members (excludes halogenated alkanes) is 1. The van der Waals surface area contributed by atoms with Crippen LogP contribution in [0.5, 0.6) is 0 Å². The lowest BCUT2D eigenvalue weighted by molar-refractivity contribution is -0.122. The van der Waals surface area contributed by atoms with Crippen LogP contribution in [0, 0.1) is 0 Å². The molecule has 1 heterocycles. The molecular weight excluding hydrogens is 242 g/mol. The molecule has 0 aromatic carbocycles. The third-order valence-corrected chi connectivity index (χ3v) is 3.13. The lowest BCUT2D eigenvalue weighted by Gasteiger charge is -2.14. The predicted octanol–water partition coefficient (Wildman–Crippen LogP) is 0.864. The van der Waals surface area contributed by atoms with Gasteiger partial charge in [-0.3, -0.25) is 4.79 Å². The van der Waals surface area contributed by atoms with E-state index < -0.39 is 0 Å². The lowest BCUT2D eigenvalue weighted by atomic mass is 10.2. The molecule has 0 saturated carbocycles. The normalized spacial score (nSPS) is 10.9. The second kappa shape index (κ2) is 8.63. The standard InChI is InChI=1S/C13H25N5O/c1-3-11(4-2)15-13(19)10-18-9-12(16-17-18)7-5-6-8-14/h9,11H,3-8,10,14H2,1-2H3,(H,15,19). The molecule has 19 heavy (non-hydrogen) atoms. The third-order valence-electron chi connectivity index (χ3n) is 3.13. The van der Waals surface area contributed by atoms with Crippen molar-refractivity contribution in [3.05, 3.63) is 11.9 Å². The summed E-state index contributed by atoms with van der Waals surface area (Å²) >= 11 is 0. The molecule has 0 aliphatic carbocycles. The summed E-state index contributed by atoms with van der Waals surface area (Å²) in [5.41, 5.74) is 6.36. The molecular formula is C13H25N5O. The van der Waals surface area contributed by atoms with Gasteiger partial charge in [0.25, 0.3) is 0 Å². The highest BCUT2D eigenvalue weighted by atomic mass is 16.2. The van der Waals surface area contributed by atoms with Gasteiger partial charge in [-0.05, 0) is 38.6 Å². The Hall–Kier alpha value is -1.43. The number of aromatic nitrogens is 3. The third kappa shape index (κ3) is 5.83. The molecule has 0 atom stereocenters. The fraction of sp³-hybridized carbons (Fsp3) is 0.769. The quantitative estimate of drug-likeness (QED) is 0.650. The van der Waals surface area contributed by atoms with Crippen LogP contribution in [0.25, 0.3) is 0 Å². The van der Waals surface area contributed by atoms with Crippen molar-refractivity contribution in [2.24, 2.45) is 5.73 Å². The second-order valence-electron chi connectivity index (χ2n) is 4.73. The Morgan fingerprint density at radius 1 is 1.42 bits per heavy atom. The Labute approximate surface area is 114 Å². The van der Waals surface area contributed by atoms with Crippen molar-refractivity contribution >= 4 is 5.91 Å². The van der Waals surface area contributed by atoms with Gasteiger partial charge >= 0.3 is 0 Å². The van der Waals surface area contributed by atoms with Crippen LogP contribution in [-0.2, 0) is 17.8 Å². The Morgan fingerprint density at radius 2 is 2.16 bits per heavy atom. The first-order valence-corrected chi connectivity index (χ1v) is 7.08. The van der Waals surface area contributed by atoms with Gasteiger partial charge in [0.15, 0.2) is 0 Å². The first-order chi connectivity index (χ1) is 9.19. The fourth-order valence-corrected chi connectivity index (χ4v) is 1.89. The van der Waals surface area contributed by atoms with E-state index >= 15 is 0 Å². The average molecular weight is 267 g/mol. The van der Waals surface area contributed by atoms with Gasteiger partial charge in [0.1, 0.15) is 6.54 Å². The maximum atomic E-state index is 11.8. The van der Waals surface area contributed by atoms with Gasteiger partial charge in [-0.15, -0.1) is 5.10 Å². The molecule has 0 bridgehead atoms. The van der Waals surface area contributed by atoms with Gasteiger partial charge in [-0.1, -0.05) is 19.1 Å². The van der Waals surface area contributed by atoms with Crippen molar-refractivity contribution in [1.82, 2.24) is 20.3 Å². The van der Waals surface area contributed by atoms with Gasteiger partial charge in [-0.25, -0.2) is 4.68 Å². The van der Waals surface area contributed by atoms with E-state index in [9.17, 15) is 4.79 Å². The Morgan fingerprint density at radius 3 is 2.79 bits per heavy atom. The minimum absolute atomic E-state index is 0.00731. The molecule has 0 aliphatic heterocycles. The first-order valence-electron chi connectivity index (χ1n) is 7.08. The molecule has 0 radical (unpaired) electrons. The van der Waals surface area contributed by atoms with Crippen molar-refractivity contribution in [2.75, 3.05) is 6.54 Å². The van der Waals surface area contributed by atoms with E-state index in [1.54, 1.807) is 4.68 Å². The number of rotatable bonds is 9. The molecule has 1 rings (SSSR count). The van der Waals surface area contributed by atoms with Crippen LogP contribution in [0.1, 0.15) is 45.2 Å². The number of carbonyl (C=O) groups is 1. The summed E-state index contributed by atoms with van der Waals surface area (Å²) in [4.78, 5) is 11.8. The SMILES string of the molecule is CCC(CC)NC(=O)Cn1cc(CCCCN)nn1. The fourth-order valence-electron chi connectivity index (χ4n) is 1.89. The van der Waals surface area contributed by atoms with Crippen LogP contribution in [0.3, 0.4) is 0 Å². The van der Waals surface area contributed by atoms with Crippen molar-refractivity contribution in [2.45, 2.75) is 58.5 Å². The minimum atomic E-state index is -0.00731. The molecule has 1 aromatic heterocycles. The molecule has 3 N–H and O–H groups in total. The maximum absolute atomic E-state index is 11.8. The van der Waals surface area contributed by atoms with Crippen LogP contribution < -0.4 is 11.1 Å². The number of amides is 1. The number of nitrogens with two attached hydrogens (primary N) is 1. The van der Waals surface area contributed by atoms with Gasteiger partial charge in [0.2, 0.25) is 5.91 Å². The Bertz CT molecular complexity index is 373. The van der Waals surface area contributed by atoms with Gasteiger partial charge in [0.05, 0.1) is 5.69 Å². The van der Waals surface area contributed by atoms with Crippen LogP contribution in [0.15, 0.2) is 6.20 Å². The van der Waals surface area contributed by atoms with Crippen LogP contribution >= 0.6 is 0 Å². The van der Waals surface area contributed by atoms with E-state index in [1.165, 1.54) is 0 Å². The molecule has 6 nitrogen and oxygen atoms in total. The summed E-state index contributed by atoms with van der Waals surface area (Å²) in [5, 5.41) is 11.0. The molecule has 1 aromatic rings. The Balaban J connectivity index is 2.38. The van der Waals surface area contributed by atoms with E-state index in [-0.39, 0.29) is 18.5 Å². The number of carbonyl (C=O) groups excluding carboxylic acids is 1. The number of nitrogens with one attached hydrogen (secondary N) is 1. The number of aryl methyl sites for hydroxylation is 1. The molecule has 0 unspecified atom stereocenters. The van der Waals surface area contributed by atoms with Gasteiger partial charge in [0, 0.05) is 12.2 Å². The summed E-state index contributed by atoms with van der Waals surface area (Å²) in [6, 6.07) is 0.250.